The van der Waals surface area contributed by atoms with Crippen molar-refractivity contribution >= 4 is 0 Å². The van der Waals surface area contributed by atoms with Crippen molar-refractivity contribution in [2.45, 2.75) is 77.2 Å². The van der Waals surface area contributed by atoms with Gasteiger partial charge in [0.2, 0.25) is 0 Å². The second-order valence-corrected chi connectivity index (χ2v) is 6.50. The molecule has 1 atom stereocenters. The number of hydrogen-bond acceptors (Lipinski definition) is 3. The van der Waals surface area contributed by atoms with Gasteiger partial charge in [-0.25, -0.2) is 0 Å². The van der Waals surface area contributed by atoms with Crippen molar-refractivity contribution in [1.82, 2.24) is 10.2 Å². The van der Waals surface area contributed by atoms with Crippen LogP contribution in [-0.2, 0) is 4.74 Å². The summed E-state index contributed by atoms with van der Waals surface area (Å²) >= 11 is 0. The quantitative estimate of drug-likeness (QED) is 0.493. The highest BCUT2D eigenvalue weighted by Gasteiger charge is 2.23. The summed E-state index contributed by atoms with van der Waals surface area (Å²) in [4.78, 5) is 2.71. The number of nitrogens with one attached hydrogen (secondary N) is 1. The van der Waals surface area contributed by atoms with Crippen LogP contribution in [0.3, 0.4) is 0 Å². The number of methoxy groups -OCH3 is 1. The summed E-state index contributed by atoms with van der Waals surface area (Å²) in [5.74, 6) is 0. The van der Waals surface area contributed by atoms with Crippen LogP contribution >= 0.6 is 0 Å². The lowest BCUT2D eigenvalue weighted by Gasteiger charge is -2.24. The predicted octanol–water partition coefficient (Wildman–Crippen LogP) is 3.83. The van der Waals surface area contributed by atoms with E-state index in [1.165, 1.54) is 77.3 Å². The van der Waals surface area contributed by atoms with E-state index in [2.05, 4.69) is 17.1 Å². The Morgan fingerprint density at radius 1 is 1.05 bits per heavy atom. The van der Waals surface area contributed by atoms with Crippen molar-refractivity contribution in [2.75, 3.05) is 39.9 Å². The van der Waals surface area contributed by atoms with E-state index in [-0.39, 0.29) is 0 Å². The summed E-state index contributed by atoms with van der Waals surface area (Å²) in [6, 6.07) is 0.770. The van der Waals surface area contributed by atoms with Gasteiger partial charge in [0, 0.05) is 26.2 Å². The summed E-state index contributed by atoms with van der Waals surface area (Å²) in [7, 11) is 1.77. The van der Waals surface area contributed by atoms with Crippen molar-refractivity contribution in [2.24, 2.45) is 0 Å². The van der Waals surface area contributed by atoms with E-state index >= 15 is 0 Å². The zero-order chi connectivity index (χ0) is 15.2. The summed E-state index contributed by atoms with van der Waals surface area (Å²) in [5.41, 5.74) is 0. The summed E-state index contributed by atoms with van der Waals surface area (Å²) in [5, 5.41) is 3.52. The van der Waals surface area contributed by atoms with Gasteiger partial charge in [-0.05, 0) is 32.4 Å². The molecule has 1 rings (SSSR count). The molecule has 0 amide bonds. The predicted molar refractivity (Wildman–Crippen MR) is 92.0 cm³/mol. The molecule has 1 aliphatic rings. The van der Waals surface area contributed by atoms with Gasteiger partial charge in [0.1, 0.15) is 0 Å². The number of unbranched alkanes of at least 4 members (excludes halogenated alkanes) is 7. The van der Waals surface area contributed by atoms with Gasteiger partial charge in [0.05, 0.1) is 6.61 Å². The molecular weight excluding hydrogens is 260 g/mol. The monoisotopic (exact) mass is 298 g/mol. The van der Waals surface area contributed by atoms with Gasteiger partial charge in [0.15, 0.2) is 0 Å². The molecule has 0 aromatic heterocycles. The summed E-state index contributed by atoms with van der Waals surface area (Å²) in [6.45, 7) is 7.86. The molecule has 1 saturated heterocycles. The second kappa shape index (κ2) is 13.5. The smallest absolute Gasteiger partial charge is 0.0587 e. The third kappa shape index (κ3) is 9.49. The molecule has 0 spiro atoms. The van der Waals surface area contributed by atoms with Crippen molar-refractivity contribution < 1.29 is 4.74 Å². The molecular formula is C18H38N2O. The number of rotatable bonds is 14. The number of nitrogens with zero attached hydrogens (tertiary/aromatic N) is 1. The zero-order valence-corrected chi connectivity index (χ0v) is 14.5. The van der Waals surface area contributed by atoms with Crippen molar-refractivity contribution in [1.29, 1.82) is 0 Å². The molecule has 0 bridgehead atoms. The SMILES string of the molecule is CCCCCCCCCCN1CCCC1CNCCOC. The Hall–Kier alpha value is -0.120. The lowest BCUT2D eigenvalue weighted by molar-refractivity contribution is 0.191. The van der Waals surface area contributed by atoms with Crippen LogP contribution in [0.1, 0.15) is 71.1 Å². The fourth-order valence-electron chi connectivity index (χ4n) is 3.31. The van der Waals surface area contributed by atoms with Gasteiger partial charge in [-0.15, -0.1) is 0 Å². The largest absolute Gasteiger partial charge is 0.383 e. The molecule has 3 nitrogen and oxygen atoms in total. The second-order valence-electron chi connectivity index (χ2n) is 6.50. The van der Waals surface area contributed by atoms with E-state index in [0.717, 1.165) is 25.7 Å². The van der Waals surface area contributed by atoms with Gasteiger partial charge >= 0.3 is 0 Å². The normalized spacial score (nSPS) is 19.4. The van der Waals surface area contributed by atoms with E-state index in [4.69, 9.17) is 4.74 Å². The molecule has 1 unspecified atom stereocenters. The van der Waals surface area contributed by atoms with Gasteiger partial charge in [-0.1, -0.05) is 51.9 Å². The van der Waals surface area contributed by atoms with Crippen molar-refractivity contribution in [3.63, 3.8) is 0 Å². The Morgan fingerprint density at radius 2 is 1.76 bits per heavy atom. The lowest BCUT2D eigenvalue weighted by atomic mass is 10.1. The average molecular weight is 299 g/mol. The minimum absolute atomic E-state index is 0.770. The van der Waals surface area contributed by atoms with Crippen LogP contribution in [0.15, 0.2) is 0 Å². The molecule has 0 radical (unpaired) electrons. The molecule has 21 heavy (non-hydrogen) atoms. The van der Waals surface area contributed by atoms with Gasteiger partial charge < -0.3 is 10.1 Å². The van der Waals surface area contributed by atoms with E-state index in [1.807, 2.05) is 0 Å². The highest BCUT2D eigenvalue weighted by molar-refractivity contribution is 4.80. The zero-order valence-electron chi connectivity index (χ0n) is 14.5. The molecule has 0 saturated carbocycles. The first kappa shape index (κ1) is 18.9. The average Bonchev–Trinajstić information content (AvgIpc) is 2.94. The van der Waals surface area contributed by atoms with Gasteiger partial charge in [-0.3, -0.25) is 4.90 Å². The van der Waals surface area contributed by atoms with Crippen LogP contribution in [0.25, 0.3) is 0 Å². The molecule has 0 aromatic carbocycles. The number of likely N-dealkylation sites (tertiary alicyclic amines) is 1. The molecule has 126 valence electrons. The molecule has 1 heterocycles. The first-order chi connectivity index (χ1) is 10.4. The Morgan fingerprint density at radius 3 is 2.48 bits per heavy atom. The van der Waals surface area contributed by atoms with Crippen LogP contribution in [0.4, 0.5) is 0 Å². The molecule has 1 aliphatic heterocycles. The van der Waals surface area contributed by atoms with Crippen LogP contribution in [0.5, 0.6) is 0 Å². The van der Waals surface area contributed by atoms with Crippen LogP contribution in [0.2, 0.25) is 0 Å². The molecule has 0 aromatic rings. The van der Waals surface area contributed by atoms with E-state index in [9.17, 15) is 0 Å². The lowest BCUT2D eigenvalue weighted by Crippen LogP contribution is -2.39. The Bertz CT molecular complexity index is 223. The third-order valence-electron chi connectivity index (χ3n) is 4.66. The van der Waals surface area contributed by atoms with Crippen molar-refractivity contribution in [3.05, 3.63) is 0 Å². The maximum Gasteiger partial charge on any atom is 0.0587 e. The van der Waals surface area contributed by atoms with Gasteiger partial charge in [0.25, 0.3) is 0 Å². The third-order valence-corrected chi connectivity index (χ3v) is 4.66. The minimum atomic E-state index is 0.770. The van der Waals surface area contributed by atoms with Crippen LogP contribution < -0.4 is 5.32 Å². The molecule has 1 N–H and O–H groups in total. The first-order valence-electron chi connectivity index (χ1n) is 9.32. The minimum Gasteiger partial charge on any atom is -0.383 e. The fraction of sp³-hybridized carbons (Fsp3) is 1.00. The molecule has 3 heteroatoms. The van der Waals surface area contributed by atoms with Crippen LogP contribution in [0, 0.1) is 0 Å². The molecule has 0 aliphatic carbocycles. The highest BCUT2D eigenvalue weighted by Crippen LogP contribution is 2.18. The summed E-state index contributed by atoms with van der Waals surface area (Å²) in [6.07, 6.45) is 14.1. The van der Waals surface area contributed by atoms with Crippen molar-refractivity contribution in [3.8, 4) is 0 Å². The maximum absolute atomic E-state index is 5.08. The Kier molecular flexibility index (Phi) is 12.2. The number of ether oxygens (including phenoxy) is 1. The van der Waals surface area contributed by atoms with E-state index in [0.29, 0.717) is 0 Å². The first-order valence-corrected chi connectivity index (χ1v) is 9.32. The fourth-order valence-corrected chi connectivity index (χ4v) is 3.31. The van der Waals surface area contributed by atoms with Crippen LogP contribution in [-0.4, -0.2) is 50.8 Å². The van der Waals surface area contributed by atoms with E-state index < -0.39 is 0 Å². The number of hydrogen-bond donors (Lipinski definition) is 1. The molecule has 1 fully saturated rings. The standard InChI is InChI=1S/C18H38N2O/c1-3-4-5-6-7-8-9-10-14-20-15-11-12-18(20)17-19-13-16-21-2/h18-19H,3-17H2,1-2H3. The summed E-state index contributed by atoms with van der Waals surface area (Å²) < 4.78 is 5.08. The maximum atomic E-state index is 5.08. The topological polar surface area (TPSA) is 24.5 Å². The van der Waals surface area contributed by atoms with E-state index in [1.54, 1.807) is 7.11 Å². The Labute approximate surface area is 132 Å². The van der Waals surface area contributed by atoms with Gasteiger partial charge in [-0.2, -0.15) is 0 Å². The highest BCUT2D eigenvalue weighted by atomic mass is 16.5. The Balaban J connectivity index is 1.95.